The van der Waals surface area contributed by atoms with Crippen LogP contribution < -0.4 is 5.32 Å². The number of anilines is 1. The summed E-state index contributed by atoms with van der Waals surface area (Å²) in [5.41, 5.74) is 1.97. The molecule has 104 valence electrons. The van der Waals surface area contributed by atoms with Gasteiger partial charge in [0.1, 0.15) is 5.52 Å². The third-order valence-corrected chi connectivity index (χ3v) is 3.45. The molecule has 1 amide bonds. The van der Waals surface area contributed by atoms with E-state index in [-0.39, 0.29) is 5.91 Å². The van der Waals surface area contributed by atoms with Crippen molar-refractivity contribution in [3.05, 3.63) is 24.1 Å². The molecule has 20 heavy (non-hydrogen) atoms. The maximum Gasteiger partial charge on any atom is 0.307 e. The van der Waals surface area contributed by atoms with Gasteiger partial charge in [-0.3, -0.25) is 9.59 Å². The zero-order chi connectivity index (χ0) is 14.3. The Morgan fingerprint density at radius 3 is 2.90 bits per heavy atom. The van der Waals surface area contributed by atoms with Crippen LogP contribution in [0, 0.1) is 11.8 Å². The number of aryl methyl sites for hydroxylation is 1. The van der Waals surface area contributed by atoms with Crippen molar-refractivity contribution < 1.29 is 19.1 Å². The first kappa shape index (κ1) is 12.7. The van der Waals surface area contributed by atoms with Gasteiger partial charge < -0.3 is 14.8 Å². The summed E-state index contributed by atoms with van der Waals surface area (Å²) in [5, 5.41) is 11.5. The van der Waals surface area contributed by atoms with Crippen LogP contribution in [0.5, 0.6) is 0 Å². The Morgan fingerprint density at radius 2 is 2.25 bits per heavy atom. The first-order valence-electron chi connectivity index (χ1n) is 6.51. The third kappa shape index (κ3) is 2.24. The number of carbonyl (C=O) groups excluding carboxylic acids is 1. The monoisotopic (exact) mass is 274 g/mol. The Labute approximate surface area is 114 Å². The van der Waals surface area contributed by atoms with Crippen LogP contribution in [0.25, 0.3) is 11.1 Å². The second-order valence-corrected chi connectivity index (χ2v) is 4.92. The molecule has 0 unspecified atom stereocenters. The maximum atomic E-state index is 11.9. The average Bonchev–Trinajstić information content (AvgIpc) is 3.12. The number of hydrogen-bond donors (Lipinski definition) is 2. The molecule has 1 heterocycles. The van der Waals surface area contributed by atoms with Gasteiger partial charge in [0.2, 0.25) is 5.91 Å². The molecule has 6 nitrogen and oxygen atoms in total. The van der Waals surface area contributed by atoms with Crippen molar-refractivity contribution >= 4 is 28.7 Å². The number of carboxylic acids is 1. The van der Waals surface area contributed by atoms with Crippen molar-refractivity contribution in [3.8, 4) is 0 Å². The van der Waals surface area contributed by atoms with Gasteiger partial charge in [-0.05, 0) is 24.6 Å². The largest absolute Gasteiger partial charge is 0.481 e. The molecule has 1 fully saturated rings. The smallest absolute Gasteiger partial charge is 0.307 e. The SMILES string of the molecule is CCc1nc2cc(NC(=O)[C@@H]3C[C@@H]3C(=O)O)ccc2o1. The lowest BCUT2D eigenvalue weighted by Crippen LogP contribution is -2.16. The normalized spacial score (nSPS) is 20.9. The number of oxazole rings is 1. The van der Waals surface area contributed by atoms with Gasteiger partial charge in [0.05, 0.1) is 11.8 Å². The molecule has 1 aromatic heterocycles. The highest BCUT2D eigenvalue weighted by atomic mass is 16.4. The van der Waals surface area contributed by atoms with Crippen molar-refractivity contribution in [1.29, 1.82) is 0 Å². The number of fused-ring (bicyclic) bond motifs is 1. The van der Waals surface area contributed by atoms with E-state index < -0.39 is 17.8 Å². The van der Waals surface area contributed by atoms with Crippen LogP contribution in [-0.2, 0) is 16.0 Å². The molecule has 0 saturated heterocycles. The summed E-state index contributed by atoms with van der Waals surface area (Å²) in [4.78, 5) is 26.9. The Bertz CT molecular complexity index is 692. The van der Waals surface area contributed by atoms with Gasteiger partial charge in [-0.25, -0.2) is 4.98 Å². The van der Waals surface area contributed by atoms with Gasteiger partial charge in [0, 0.05) is 12.1 Å². The average molecular weight is 274 g/mol. The summed E-state index contributed by atoms with van der Waals surface area (Å²) < 4.78 is 5.48. The van der Waals surface area contributed by atoms with Crippen LogP contribution in [0.15, 0.2) is 22.6 Å². The lowest BCUT2D eigenvalue weighted by atomic mass is 10.2. The molecule has 6 heteroatoms. The fraction of sp³-hybridized carbons (Fsp3) is 0.357. The number of rotatable bonds is 4. The minimum absolute atomic E-state index is 0.254. The molecule has 0 bridgehead atoms. The molecular weight excluding hydrogens is 260 g/mol. The third-order valence-electron chi connectivity index (χ3n) is 3.45. The lowest BCUT2D eigenvalue weighted by molar-refractivity contribution is -0.139. The molecule has 1 saturated carbocycles. The topological polar surface area (TPSA) is 92.4 Å². The Morgan fingerprint density at radius 1 is 1.45 bits per heavy atom. The van der Waals surface area contributed by atoms with Gasteiger partial charge in [0.15, 0.2) is 11.5 Å². The molecule has 2 N–H and O–H groups in total. The standard InChI is InChI=1S/C14H14N2O4/c1-2-12-16-10-5-7(3-4-11(10)20-12)15-13(17)8-6-9(8)14(18)19/h3-5,8-9H,2,6H2,1H3,(H,15,17)(H,18,19)/t8-,9+/m1/s1. The number of carboxylic acid groups (broad SMARTS) is 1. The zero-order valence-corrected chi connectivity index (χ0v) is 10.9. The van der Waals surface area contributed by atoms with Crippen molar-refractivity contribution in [3.63, 3.8) is 0 Å². The van der Waals surface area contributed by atoms with Gasteiger partial charge in [-0.2, -0.15) is 0 Å². The zero-order valence-electron chi connectivity index (χ0n) is 10.9. The Balaban J connectivity index is 1.74. The molecule has 2 aromatic rings. The maximum absolute atomic E-state index is 11.9. The second kappa shape index (κ2) is 4.63. The molecule has 0 aliphatic heterocycles. The predicted molar refractivity (Wildman–Crippen MR) is 71.2 cm³/mol. The summed E-state index contributed by atoms with van der Waals surface area (Å²) >= 11 is 0. The minimum atomic E-state index is -0.912. The van der Waals surface area contributed by atoms with Gasteiger partial charge in [0.25, 0.3) is 0 Å². The summed E-state index contributed by atoms with van der Waals surface area (Å²) in [6.45, 7) is 1.95. The number of benzene rings is 1. The fourth-order valence-electron chi connectivity index (χ4n) is 2.20. The Kier molecular flexibility index (Phi) is 2.93. The predicted octanol–water partition coefficient (Wildman–Crippen LogP) is 2.05. The van der Waals surface area contributed by atoms with Crippen LogP contribution in [0.4, 0.5) is 5.69 Å². The van der Waals surface area contributed by atoms with E-state index in [0.717, 1.165) is 0 Å². The highest BCUT2D eigenvalue weighted by molar-refractivity contribution is 5.99. The highest BCUT2D eigenvalue weighted by Crippen LogP contribution is 2.39. The minimum Gasteiger partial charge on any atom is -0.481 e. The lowest BCUT2D eigenvalue weighted by Gasteiger charge is -2.03. The first-order valence-corrected chi connectivity index (χ1v) is 6.51. The summed E-state index contributed by atoms with van der Waals surface area (Å²) in [6.07, 6.45) is 1.12. The van der Waals surface area contributed by atoms with Crippen LogP contribution >= 0.6 is 0 Å². The molecule has 3 rings (SSSR count). The summed E-state index contributed by atoms with van der Waals surface area (Å²) in [6, 6.07) is 5.20. The number of aromatic nitrogens is 1. The molecule has 1 aliphatic carbocycles. The highest BCUT2D eigenvalue weighted by Gasteiger charge is 2.48. The summed E-state index contributed by atoms with van der Waals surface area (Å²) in [5.74, 6) is -1.48. The van der Waals surface area contributed by atoms with E-state index >= 15 is 0 Å². The summed E-state index contributed by atoms with van der Waals surface area (Å²) in [7, 11) is 0. The van der Waals surface area contributed by atoms with Crippen molar-refractivity contribution in [2.24, 2.45) is 11.8 Å². The molecule has 1 aliphatic rings. The van der Waals surface area contributed by atoms with Crippen LogP contribution in [0.2, 0.25) is 0 Å². The number of amides is 1. The van der Waals surface area contributed by atoms with Gasteiger partial charge in [-0.15, -0.1) is 0 Å². The number of aliphatic carboxylic acids is 1. The quantitative estimate of drug-likeness (QED) is 0.890. The number of nitrogens with one attached hydrogen (secondary N) is 1. The molecular formula is C14H14N2O4. The number of hydrogen-bond acceptors (Lipinski definition) is 4. The van der Waals surface area contributed by atoms with Gasteiger partial charge in [-0.1, -0.05) is 6.92 Å². The van der Waals surface area contributed by atoms with E-state index in [1.165, 1.54) is 0 Å². The van der Waals surface area contributed by atoms with E-state index in [9.17, 15) is 9.59 Å². The molecule has 0 radical (unpaired) electrons. The van der Waals surface area contributed by atoms with Crippen LogP contribution in [0.3, 0.4) is 0 Å². The van der Waals surface area contributed by atoms with Crippen LogP contribution in [-0.4, -0.2) is 22.0 Å². The van der Waals surface area contributed by atoms with E-state index in [1.54, 1.807) is 18.2 Å². The molecule has 2 atom stereocenters. The number of nitrogens with zero attached hydrogens (tertiary/aromatic N) is 1. The molecule has 0 spiro atoms. The van der Waals surface area contributed by atoms with Crippen molar-refractivity contribution in [2.45, 2.75) is 19.8 Å². The van der Waals surface area contributed by atoms with E-state index in [0.29, 0.717) is 35.5 Å². The van der Waals surface area contributed by atoms with E-state index in [4.69, 9.17) is 9.52 Å². The van der Waals surface area contributed by atoms with E-state index in [1.807, 2.05) is 6.92 Å². The fourth-order valence-corrected chi connectivity index (χ4v) is 2.20. The van der Waals surface area contributed by atoms with Crippen molar-refractivity contribution in [2.75, 3.05) is 5.32 Å². The number of carbonyl (C=O) groups is 2. The van der Waals surface area contributed by atoms with Gasteiger partial charge >= 0.3 is 5.97 Å². The van der Waals surface area contributed by atoms with Crippen molar-refractivity contribution in [1.82, 2.24) is 4.98 Å². The second-order valence-electron chi connectivity index (χ2n) is 4.92. The van der Waals surface area contributed by atoms with Crippen LogP contribution in [0.1, 0.15) is 19.2 Å². The Hall–Kier alpha value is -2.37. The molecule has 1 aromatic carbocycles. The first-order chi connectivity index (χ1) is 9.58. The van der Waals surface area contributed by atoms with E-state index in [2.05, 4.69) is 10.3 Å².